The van der Waals surface area contributed by atoms with Gasteiger partial charge in [0, 0.05) is 36.9 Å². The van der Waals surface area contributed by atoms with Gasteiger partial charge in [-0.3, -0.25) is 9.36 Å². The third-order valence-electron chi connectivity index (χ3n) is 6.11. The summed E-state index contributed by atoms with van der Waals surface area (Å²) in [6, 6.07) is 31.1. The topological polar surface area (TPSA) is 46.9 Å². The molecule has 0 bridgehead atoms. The molecule has 2 heterocycles. The maximum Gasteiger partial charge on any atom is 0.270 e. The van der Waals surface area contributed by atoms with Gasteiger partial charge in [-0.05, 0) is 41.0 Å². The van der Waals surface area contributed by atoms with E-state index in [2.05, 4.69) is 80.8 Å². The number of imidazole rings is 1. The predicted octanol–water partition coefficient (Wildman–Crippen LogP) is 7.60. The number of halogens is 1. The molecule has 35 heavy (non-hydrogen) atoms. The molecule has 0 aliphatic carbocycles. The number of amides is 1. The second-order valence-corrected chi connectivity index (χ2v) is 10.2. The Morgan fingerprint density at radius 2 is 1.71 bits per heavy atom. The van der Waals surface area contributed by atoms with Gasteiger partial charge in [-0.15, -0.1) is 11.3 Å². The van der Waals surface area contributed by atoms with E-state index in [1.807, 2.05) is 52.3 Å². The van der Waals surface area contributed by atoms with E-state index in [-0.39, 0.29) is 5.91 Å². The van der Waals surface area contributed by atoms with Crippen molar-refractivity contribution < 1.29 is 4.79 Å². The molecule has 0 saturated heterocycles. The number of fused-ring (bicyclic) bond motifs is 3. The van der Waals surface area contributed by atoms with Crippen LogP contribution in [0.15, 0.2) is 108 Å². The summed E-state index contributed by atoms with van der Waals surface area (Å²) in [6.07, 6.45) is 3.29. The Bertz CT molecular complexity index is 1700. The first-order valence-electron chi connectivity index (χ1n) is 11.2. The van der Waals surface area contributed by atoms with Gasteiger partial charge in [-0.25, -0.2) is 4.98 Å². The van der Waals surface area contributed by atoms with Gasteiger partial charge in [-0.2, -0.15) is 0 Å². The summed E-state index contributed by atoms with van der Waals surface area (Å²) in [6.45, 7) is 0.430. The summed E-state index contributed by atoms with van der Waals surface area (Å²) in [5.74, 6) is -0.171. The summed E-state index contributed by atoms with van der Waals surface area (Å²) in [7, 11) is 0. The first-order valence-corrected chi connectivity index (χ1v) is 12.8. The van der Waals surface area contributed by atoms with E-state index in [9.17, 15) is 4.79 Å². The van der Waals surface area contributed by atoms with Crippen molar-refractivity contribution in [3.05, 3.63) is 119 Å². The zero-order valence-electron chi connectivity index (χ0n) is 18.6. The summed E-state index contributed by atoms with van der Waals surface area (Å²) in [5, 5.41) is 5.56. The monoisotopic (exact) mass is 537 g/mol. The van der Waals surface area contributed by atoms with Crippen LogP contribution in [0.3, 0.4) is 0 Å². The van der Waals surface area contributed by atoms with Gasteiger partial charge < -0.3 is 5.32 Å². The highest BCUT2D eigenvalue weighted by Crippen LogP contribution is 2.40. The van der Waals surface area contributed by atoms with Crippen LogP contribution in [0.5, 0.6) is 0 Å². The van der Waals surface area contributed by atoms with Crippen molar-refractivity contribution in [3.8, 4) is 16.8 Å². The smallest absolute Gasteiger partial charge is 0.270 e. The van der Waals surface area contributed by atoms with E-state index in [1.165, 1.54) is 25.7 Å². The highest BCUT2D eigenvalue weighted by atomic mass is 79.9. The third-order valence-corrected chi connectivity index (χ3v) is 8.10. The van der Waals surface area contributed by atoms with Gasteiger partial charge in [0.1, 0.15) is 5.69 Å². The molecule has 1 amide bonds. The average Bonchev–Trinajstić information content (AvgIpc) is 3.53. The maximum atomic E-state index is 13.0. The number of hydrogen-bond acceptors (Lipinski definition) is 3. The minimum atomic E-state index is -0.171. The SMILES string of the molecule is O=C(NCc1ccccc1Br)c1cncn1-c1cccc(-c2cccc3c2sc2ccccc23)c1. The van der Waals surface area contributed by atoms with Crippen molar-refractivity contribution in [2.75, 3.05) is 0 Å². The van der Waals surface area contributed by atoms with Crippen LogP contribution < -0.4 is 5.32 Å². The number of aromatic nitrogens is 2. The van der Waals surface area contributed by atoms with Crippen LogP contribution >= 0.6 is 27.3 Å². The van der Waals surface area contributed by atoms with Gasteiger partial charge in [0.25, 0.3) is 5.91 Å². The molecule has 0 aliphatic rings. The van der Waals surface area contributed by atoms with Crippen molar-refractivity contribution >= 4 is 53.3 Å². The molecule has 2 aromatic heterocycles. The normalized spacial score (nSPS) is 11.2. The molecule has 6 heteroatoms. The minimum absolute atomic E-state index is 0.171. The van der Waals surface area contributed by atoms with Gasteiger partial charge >= 0.3 is 0 Å². The Kier molecular flexibility index (Phi) is 5.68. The zero-order chi connectivity index (χ0) is 23.8. The van der Waals surface area contributed by atoms with Gasteiger partial charge in [-0.1, -0.05) is 82.7 Å². The lowest BCUT2D eigenvalue weighted by molar-refractivity contribution is 0.0944. The van der Waals surface area contributed by atoms with Crippen LogP contribution in [0, 0.1) is 0 Å². The van der Waals surface area contributed by atoms with Crippen LogP contribution in [0.25, 0.3) is 37.0 Å². The standard InChI is InChI=1S/C29H20BrN3OS/c30-25-13-3-1-7-20(25)16-32-29(34)26-17-31-18-33(26)21-9-5-8-19(15-21)22-11-6-12-24-23-10-2-4-14-27(23)35-28(22)24/h1-15,17-18H,16H2,(H,32,34). The fraction of sp³-hybridized carbons (Fsp3) is 0.0345. The first-order chi connectivity index (χ1) is 17.2. The lowest BCUT2D eigenvalue weighted by Gasteiger charge is -2.11. The Labute approximate surface area is 215 Å². The number of benzene rings is 4. The highest BCUT2D eigenvalue weighted by Gasteiger charge is 2.15. The van der Waals surface area contributed by atoms with E-state index in [4.69, 9.17) is 0 Å². The Balaban J connectivity index is 1.34. The fourth-order valence-corrected chi connectivity index (χ4v) is 6.04. The fourth-order valence-electron chi connectivity index (χ4n) is 4.37. The Hall–Kier alpha value is -3.74. The number of thiophene rings is 1. The van der Waals surface area contributed by atoms with Crippen molar-refractivity contribution in [3.63, 3.8) is 0 Å². The van der Waals surface area contributed by atoms with Gasteiger partial charge in [0.05, 0.1) is 12.5 Å². The number of rotatable bonds is 5. The lowest BCUT2D eigenvalue weighted by atomic mass is 10.0. The molecule has 1 N–H and O–H groups in total. The van der Waals surface area contributed by atoms with Crippen LogP contribution in [0.1, 0.15) is 16.1 Å². The highest BCUT2D eigenvalue weighted by molar-refractivity contribution is 9.10. The molecular weight excluding hydrogens is 518 g/mol. The van der Waals surface area contributed by atoms with E-state index in [0.29, 0.717) is 12.2 Å². The van der Waals surface area contributed by atoms with Crippen LogP contribution in [-0.4, -0.2) is 15.5 Å². The van der Waals surface area contributed by atoms with Crippen molar-refractivity contribution in [1.29, 1.82) is 0 Å². The largest absolute Gasteiger partial charge is 0.347 e. The van der Waals surface area contributed by atoms with Gasteiger partial charge in [0.2, 0.25) is 0 Å². The minimum Gasteiger partial charge on any atom is -0.347 e. The van der Waals surface area contributed by atoms with Crippen molar-refractivity contribution in [2.24, 2.45) is 0 Å². The Morgan fingerprint density at radius 1 is 0.914 bits per heavy atom. The molecule has 0 unspecified atom stereocenters. The summed E-state index contributed by atoms with van der Waals surface area (Å²) in [4.78, 5) is 17.3. The van der Waals surface area contributed by atoms with Crippen molar-refractivity contribution in [2.45, 2.75) is 6.54 Å². The van der Waals surface area contributed by atoms with Crippen LogP contribution in [0.2, 0.25) is 0 Å². The number of nitrogens with zero attached hydrogens (tertiary/aromatic N) is 2. The molecule has 4 aromatic carbocycles. The summed E-state index contributed by atoms with van der Waals surface area (Å²) in [5.41, 5.74) is 4.70. The van der Waals surface area contributed by atoms with Gasteiger partial charge in [0.15, 0.2) is 0 Å². The molecule has 0 atom stereocenters. The molecule has 6 aromatic rings. The van der Waals surface area contributed by atoms with E-state index in [0.717, 1.165) is 21.3 Å². The lowest BCUT2D eigenvalue weighted by Crippen LogP contribution is -2.25. The number of nitrogens with one attached hydrogen (secondary N) is 1. The molecule has 4 nitrogen and oxygen atoms in total. The predicted molar refractivity (Wildman–Crippen MR) is 147 cm³/mol. The van der Waals surface area contributed by atoms with E-state index in [1.54, 1.807) is 12.5 Å². The quantitative estimate of drug-likeness (QED) is 0.246. The zero-order valence-corrected chi connectivity index (χ0v) is 21.0. The molecule has 0 spiro atoms. The molecule has 0 saturated carbocycles. The van der Waals surface area contributed by atoms with Crippen molar-refractivity contribution in [1.82, 2.24) is 14.9 Å². The molecule has 0 radical (unpaired) electrons. The molecule has 170 valence electrons. The van der Waals surface area contributed by atoms with E-state index < -0.39 is 0 Å². The van der Waals surface area contributed by atoms with E-state index >= 15 is 0 Å². The number of hydrogen-bond donors (Lipinski definition) is 1. The number of carbonyl (C=O) groups is 1. The third kappa shape index (κ3) is 4.05. The summed E-state index contributed by atoms with van der Waals surface area (Å²) < 4.78 is 5.36. The van der Waals surface area contributed by atoms with Crippen LogP contribution in [-0.2, 0) is 6.54 Å². The molecular formula is C29H20BrN3OS. The Morgan fingerprint density at radius 3 is 2.63 bits per heavy atom. The first kappa shape index (κ1) is 21.8. The second-order valence-electron chi connectivity index (χ2n) is 8.25. The average molecular weight is 538 g/mol. The second kappa shape index (κ2) is 9.13. The molecule has 0 fully saturated rings. The summed E-state index contributed by atoms with van der Waals surface area (Å²) >= 11 is 5.35. The number of carbonyl (C=O) groups excluding carboxylic acids is 1. The molecule has 0 aliphatic heterocycles. The maximum absolute atomic E-state index is 13.0. The molecule has 6 rings (SSSR count). The van der Waals surface area contributed by atoms with Crippen LogP contribution in [0.4, 0.5) is 0 Å².